The molecule has 1 N–H and O–H groups in total. The Morgan fingerprint density at radius 3 is 2.94 bits per heavy atom. The molecule has 86 valence electrons. The fourth-order valence-corrected chi connectivity index (χ4v) is 3.45. The zero-order chi connectivity index (χ0) is 10.8. The third-order valence-electron chi connectivity index (χ3n) is 3.31. The highest BCUT2D eigenvalue weighted by atomic mass is 32.2. The summed E-state index contributed by atoms with van der Waals surface area (Å²) in [5.41, 5.74) is 2.78. The Morgan fingerprint density at radius 2 is 2.06 bits per heavy atom. The molecule has 1 saturated heterocycles. The first-order valence-corrected chi connectivity index (χ1v) is 7.15. The fourth-order valence-electron chi connectivity index (χ4n) is 2.38. The molecule has 1 aromatic carbocycles. The van der Waals surface area contributed by atoms with E-state index in [0.717, 1.165) is 18.8 Å². The van der Waals surface area contributed by atoms with Crippen LogP contribution in [0.5, 0.6) is 5.75 Å². The minimum atomic E-state index is 0.438. The fraction of sp³-hybridized carbons (Fsp3) is 0.538. The lowest BCUT2D eigenvalue weighted by Gasteiger charge is -2.23. The Kier molecular flexibility index (Phi) is 3.06. The van der Waals surface area contributed by atoms with Crippen LogP contribution in [-0.4, -0.2) is 17.6 Å². The first kappa shape index (κ1) is 10.5. The highest BCUT2D eigenvalue weighted by molar-refractivity contribution is 7.99. The average Bonchev–Trinajstić information content (AvgIpc) is 2.80. The first-order valence-electron chi connectivity index (χ1n) is 5.99. The summed E-state index contributed by atoms with van der Waals surface area (Å²) < 4.78 is 6.14. The maximum atomic E-state index is 6.14. The van der Waals surface area contributed by atoms with Crippen LogP contribution >= 0.6 is 11.8 Å². The molecule has 0 aromatic heterocycles. The Hall–Kier alpha value is -0.670. The van der Waals surface area contributed by atoms with Gasteiger partial charge >= 0.3 is 0 Å². The molecule has 1 aromatic rings. The second-order valence-electron chi connectivity index (χ2n) is 4.43. The van der Waals surface area contributed by atoms with Crippen LogP contribution in [0.1, 0.15) is 24.0 Å². The van der Waals surface area contributed by atoms with E-state index in [-0.39, 0.29) is 0 Å². The summed E-state index contributed by atoms with van der Waals surface area (Å²) in [5, 5.41) is 3.38. The van der Waals surface area contributed by atoms with E-state index in [1.807, 2.05) is 11.8 Å². The van der Waals surface area contributed by atoms with Gasteiger partial charge < -0.3 is 10.1 Å². The number of hydrogen-bond donors (Lipinski definition) is 1. The van der Waals surface area contributed by atoms with Crippen molar-refractivity contribution in [1.82, 2.24) is 5.32 Å². The molecule has 0 unspecified atom stereocenters. The molecule has 3 heteroatoms. The highest BCUT2D eigenvalue weighted by Gasteiger charge is 2.19. The van der Waals surface area contributed by atoms with Gasteiger partial charge in [-0.25, -0.2) is 0 Å². The van der Waals surface area contributed by atoms with E-state index in [4.69, 9.17) is 4.74 Å². The van der Waals surface area contributed by atoms with E-state index in [1.165, 1.54) is 35.5 Å². The quantitative estimate of drug-likeness (QED) is 0.851. The van der Waals surface area contributed by atoms with Crippen LogP contribution in [-0.2, 0) is 13.1 Å². The molecule has 0 saturated carbocycles. The molecule has 0 bridgehead atoms. The minimum absolute atomic E-state index is 0.438. The Balaban J connectivity index is 1.76. The van der Waals surface area contributed by atoms with Crippen LogP contribution in [0.25, 0.3) is 0 Å². The van der Waals surface area contributed by atoms with Crippen molar-refractivity contribution < 1.29 is 4.74 Å². The molecule has 1 fully saturated rings. The van der Waals surface area contributed by atoms with Crippen LogP contribution in [0.3, 0.4) is 0 Å². The Morgan fingerprint density at radius 1 is 1.19 bits per heavy atom. The lowest BCUT2D eigenvalue weighted by Crippen LogP contribution is -2.22. The number of hydrogen-bond acceptors (Lipinski definition) is 3. The van der Waals surface area contributed by atoms with Gasteiger partial charge in [0, 0.05) is 18.7 Å². The number of fused-ring (bicyclic) bond motifs is 1. The number of ether oxygens (including phenoxy) is 1. The molecule has 0 amide bonds. The molecule has 0 aliphatic carbocycles. The second kappa shape index (κ2) is 4.68. The lowest BCUT2D eigenvalue weighted by molar-refractivity contribution is 0.190. The minimum Gasteiger partial charge on any atom is -0.490 e. The highest BCUT2D eigenvalue weighted by Crippen LogP contribution is 2.29. The van der Waals surface area contributed by atoms with Gasteiger partial charge in [-0.3, -0.25) is 0 Å². The van der Waals surface area contributed by atoms with Gasteiger partial charge in [-0.2, -0.15) is 11.8 Å². The summed E-state index contributed by atoms with van der Waals surface area (Å²) in [5.74, 6) is 3.61. The molecule has 2 aliphatic rings. The maximum absolute atomic E-state index is 6.14. The van der Waals surface area contributed by atoms with Gasteiger partial charge in [-0.15, -0.1) is 0 Å². The predicted octanol–water partition coefficient (Wildman–Crippen LogP) is 2.56. The predicted molar refractivity (Wildman–Crippen MR) is 68.0 cm³/mol. The molecular formula is C13H17NOS. The average molecular weight is 235 g/mol. The van der Waals surface area contributed by atoms with Gasteiger partial charge in [0.1, 0.15) is 11.9 Å². The van der Waals surface area contributed by atoms with Crippen LogP contribution in [0.15, 0.2) is 18.2 Å². The largest absolute Gasteiger partial charge is 0.490 e. The summed E-state index contributed by atoms with van der Waals surface area (Å²) in [7, 11) is 0. The summed E-state index contributed by atoms with van der Waals surface area (Å²) in [4.78, 5) is 0. The van der Waals surface area contributed by atoms with Gasteiger partial charge in [0.05, 0.1) is 0 Å². The summed E-state index contributed by atoms with van der Waals surface area (Å²) in [6, 6.07) is 6.42. The van der Waals surface area contributed by atoms with Gasteiger partial charge in [-0.1, -0.05) is 12.1 Å². The van der Waals surface area contributed by atoms with Crippen LogP contribution in [0.2, 0.25) is 0 Å². The number of thioether (sulfide) groups is 1. The molecular weight excluding hydrogens is 218 g/mol. The molecule has 2 heterocycles. The van der Waals surface area contributed by atoms with Gasteiger partial charge in [-0.05, 0) is 36.0 Å². The molecule has 0 spiro atoms. The van der Waals surface area contributed by atoms with E-state index in [9.17, 15) is 0 Å². The third kappa shape index (κ3) is 2.06. The molecule has 2 nitrogen and oxygen atoms in total. The van der Waals surface area contributed by atoms with E-state index < -0.39 is 0 Å². The van der Waals surface area contributed by atoms with Gasteiger partial charge in [0.15, 0.2) is 0 Å². The van der Waals surface area contributed by atoms with Crippen LogP contribution < -0.4 is 10.1 Å². The monoisotopic (exact) mass is 235 g/mol. The van der Waals surface area contributed by atoms with Crippen molar-refractivity contribution in [3.8, 4) is 5.75 Å². The van der Waals surface area contributed by atoms with Crippen molar-refractivity contribution in [2.75, 3.05) is 11.5 Å². The van der Waals surface area contributed by atoms with Crippen molar-refractivity contribution in [1.29, 1.82) is 0 Å². The van der Waals surface area contributed by atoms with Gasteiger partial charge in [0.25, 0.3) is 0 Å². The second-order valence-corrected chi connectivity index (χ2v) is 5.65. The number of nitrogens with one attached hydrogen (secondary N) is 1. The van der Waals surface area contributed by atoms with Crippen molar-refractivity contribution in [3.63, 3.8) is 0 Å². The SMILES string of the molecule is c1cc2c(c(OC3CCSCC3)c1)CNC2. The first-order chi connectivity index (χ1) is 7.93. The van der Waals surface area contributed by atoms with Crippen molar-refractivity contribution >= 4 is 11.8 Å². The van der Waals surface area contributed by atoms with E-state index in [2.05, 4.69) is 23.5 Å². The zero-order valence-electron chi connectivity index (χ0n) is 9.37. The van der Waals surface area contributed by atoms with Gasteiger partial charge in [0.2, 0.25) is 0 Å². The normalized spacial score (nSPS) is 20.8. The van der Waals surface area contributed by atoms with E-state index in [0.29, 0.717) is 6.10 Å². The third-order valence-corrected chi connectivity index (χ3v) is 4.36. The molecule has 2 aliphatic heterocycles. The van der Waals surface area contributed by atoms with Crippen molar-refractivity contribution in [2.24, 2.45) is 0 Å². The standard InChI is InChI=1S/C13H17NOS/c1-2-10-8-14-9-12(10)13(3-1)15-11-4-6-16-7-5-11/h1-3,11,14H,4-9H2. The Labute approximate surface area is 101 Å². The van der Waals surface area contributed by atoms with Crippen molar-refractivity contribution in [2.45, 2.75) is 32.0 Å². The summed E-state index contributed by atoms with van der Waals surface area (Å²) in [6.45, 7) is 1.96. The maximum Gasteiger partial charge on any atom is 0.124 e. The van der Waals surface area contributed by atoms with E-state index >= 15 is 0 Å². The smallest absolute Gasteiger partial charge is 0.124 e. The molecule has 0 radical (unpaired) electrons. The lowest BCUT2D eigenvalue weighted by atomic mass is 10.1. The summed E-state index contributed by atoms with van der Waals surface area (Å²) in [6.07, 6.45) is 2.83. The molecule has 0 atom stereocenters. The number of rotatable bonds is 2. The van der Waals surface area contributed by atoms with Crippen LogP contribution in [0.4, 0.5) is 0 Å². The number of benzene rings is 1. The zero-order valence-corrected chi connectivity index (χ0v) is 10.2. The van der Waals surface area contributed by atoms with Crippen LogP contribution in [0, 0.1) is 0 Å². The summed E-state index contributed by atoms with van der Waals surface area (Å²) >= 11 is 2.04. The Bertz CT molecular complexity index is 374. The van der Waals surface area contributed by atoms with E-state index in [1.54, 1.807) is 0 Å². The topological polar surface area (TPSA) is 21.3 Å². The van der Waals surface area contributed by atoms with Crippen molar-refractivity contribution in [3.05, 3.63) is 29.3 Å². The molecule has 3 rings (SSSR count). The molecule has 16 heavy (non-hydrogen) atoms.